The van der Waals surface area contributed by atoms with Crippen LogP contribution in [0.1, 0.15) is 46.0 Å². The summed E-state index contributed by atoms with van der Waals surface area (Å²) in [5.41, 5.74) is 0. The average Bonchev–Trinajstić information content (AvgIpc) is 2.69. The summed E-state index contributed by atoms with van der Waals surface area (Å²) in [5.74, 6) is -0.0499. The number of methoxy groups -OCH3 is 1. The Balaban J connectivity index is 2.85. The Morgan fingerprint density at radius 1 is 1.21 bits per heavy atom. The van der Waals surface area contributed by atoms with Crippen molar-refractivity contribution in [3.05, 3.63) is 12.2 Å². The van der Waals surface area contributed by atoms with Gasteiger partial charge >= 0.3 is 11.9 Å². The smallest absolute Gasteiger partial charge is 0.328 e. The van der Waals surface area contributed by atoms with Crippen molar-refractivity contribution in [1.82, 2.24) is 5.32 Å². The molecule has 1 aliphatic heterocycles. The number of cyclic esters (lactones) is 2. The van der Waals surface area contributed by atoms with E-state index in [1.165, 1.54) is 0 Å². The van der Waals surface area contributed by atoms with Gasteiger partial charge in [-0.1, -0.05) is 26.0 Å². The molecule has 1 amide bonds. The second kappa shape index (κ2) is 14.4. The maximum Gasteiger partial charge on any atom is 0.328 e. The first-order chi connectivity index (χ1) is 13.9. The number of esters is 2. The lowest BCUT2D eigenvalue weighted by Gasteiger charge is -2.24. The van der Waals surface area contributed by atoms with Crippen LogP contribution < -0.4 is 5.32 Å². The van der Waals surface area contributed by atoms with Crippen LogP contribution in [0.3, 0.4) is 0 Å². The van der Waals surface area contributed by atoms with Crippen molar-refractivity contribution < 1.29 is 28.6 Å². The molecule has 1 rings (SSSR count). The zero-order chi connectivity index (χ0) is 21.6. The summed E-state index contributed by atoms with van der Waals surface area (Å²) in [6.45, 7) is 4.33. The highest BCUT2D eigenvalue weighted by Crippen LogP contribution is 2.17. The van der Waals surface area contributed by atoms with E-state index < -0.39 is 12.0 Å². The average molecular weight is 430 g/mol. The molecule has 0 aromatic heterocycles. The molecule has 4 atom stereocenters. The van der Waals surface area contributed by atoms with Gasteiger partial charge in [0.2, 0.25) is 5.91 Å². The summed E-state index contributed by atoms with van der Waals surface area (Å²) in [5, 5.41) is 2.77. The zero-order valence-electron chi connectivity index (χ0n) is 18.0. The Morgan fingerprint density at radius 2 is 1.97 bits per heavy atom. The topological polar surface area (TPSA) is 90.9 Å². The first-order valence-electron chi connectivity index (χ1n) is 10.2. The Morgan fingerprint density at radius 3 is 2.66 bits per heavy atom. The van der Waals surface area contributed by atoms with Gasteiger partial charge in [0.25, 0.3) is 0 Å². The molecule has 0 saturated heterocycles. The van der Waals surface area contributed by atoms with E-state index in [4.69, 9.17) is 14.2 Å². The fraction of sp³-hybridized carbons (Fsp3) is 0.762. The van der Waals surface area contributed by atoms with Gasteiger partial charge in [-0.05, 0) is 37.2 Å². The monoisotopic (exact) mass is 429 g/mol. The van der Waals surface area contributed by atoms with Gasteiger partial charge in [-0.3, -0.25) is 9.59 Å². The summed E-state index contributed by atoms with van der Waals surface area (Å²) in [7, 11) is 1.58. The molecule has 1 N–H and O–H groups in total. The molecule has 0 spiro atoms. The number of carbonyl (C=O) groups is 3. The maximum atomic E-state index is 12.5. The normalized spacial score (nSPS) is 28.6. The van der Waals surface area contributed by atoms with Gasteiger partial charge in [-0.15, -0.1) is 0 Å². The molecule has 0 bridgehead atoms. The summed E-state index contributed by atoms with van der Waals surface area (Å²) in [6.07, 6.45) is 7.71. The molecule has 166 valence electrons. The number of nitrogens with one attached hydrogen (secondary N) is 1. The van der Waals surface area contributed by atoms with Crippen molar-refractivity contribution in [2.24, 2.45) is 11.8 Å². The molecule has 0 aromatic rings. The van der Waals surface area contributed by atoms with Crippen LogP contribution in [0.5, 0.6) is 0 Å². The predicted molar refractivity (Wildman–Crippen MR) is 114 cm³/mol. The third-order valence-corrected chi connectivity index (χ3v) is 5.52. The largest absolute Gasteiger partial charge is 0.465 e. The number of ether oxygens (including phenoxy) is 3. The Bertz CT molecular complexity index is 553. The van der Waals surface area contributed by atoms with Crippen molar-refractivity contribution >= 4 is 29.6 Å². The molecule has 0 radical (unpaired) electrons. The SMILES string of the molecule is CO[C@@H]1COC(=O)[C@H](CCSC)NC(=O)CC=C[C@@H](C)COC(=O)CCC[C@H]1C. The zero-order valence-corrected chi connectivity index (χ0v) is 18.8. The van der Waals surface area contributed by atoms with Gasteiger partial charge in [-0.2, -0.15) is 11.8 Å². The number of hydrogen-bond donors (Lipinski definition) is 1. The summed E-state index contributed by atoms with van der Waals surface area (Å²) in [4.78, 5) is 36.7. The van der Waals surface area contributed by atoms with E-state index in [1.807, 2.05) is 26.2 Å². The lowest BCUT2D eigenvalue weighted by Crippen LogP contribution is -2.43. The number of amides is 1. The Kier molecular flexibility index (Phi) is 12.7. The molecule has 0 aliphatic carbocycles. The highest BCUT2D eigenvalue weighted by molar-refractivity contribution is 7.98. The molecule has 0 fully saturated rings. The molecule has 0 unspecified atom stereocenters. The predicted octanol–water partition coefficient (Wildman–Crippen LogP) is 2.73. The van der Waals surface area contributed by atoms with Crippen molar-refractivity contribution in [3.8, 4) is 0 Å². The van der Waals surface area contributed by atoms with Crippen molar-refractivity contribution in [3.63, 3.8) is 0 Å². The van der Waals surface area contributed by atoms with E-state index in [0.717, 1.165) is 12.2 Å². The van der Waals surface area contributed by atoms with Crippen LogP contribution in [-0.2, 0) is 28.6 Å². The molecule has 29 heavy (non-hydrogen) atoms. The van der Waals surface area contributed by atoms with Gasteiger partial charge in [0, 0.05) is 25.9 Å². The summed E-state index contributed by atoms with van der Waals surface area (Å²) >= 11 is 1.61. The molecule has 1 heterocycles. The fourth-order valence-electron chi connectivity index (χ4n) is 2.98. The lowest BCUT2D eigenvalue weighted by molar-refractivity contribution is -0.152. The molecule has 0 aromatic carbocycles. The van der Waals surface area contributed by atoms with Gasteiger partial charge in [0.15, 0.2) is 0 Å². The number of rotatable bonds is 4. The molecule has 7 nitrogen and oxygen atoms in total. The molecule has 1 aliphatic rings. The van der Waals surface area contributed by atoms with Crippen LogP contribution in [0.25, 0.3) is 0 Å². The van der Waals surface area contributed by atoms with E-state index in [1.54, 1.807) is 24.9 Å². The summed E-state index contributed by atoms with van der Waals surface area (Å²) < 4.78 is 16.2. The maximum absolute atomic E-state index is 12.5. The molecular formula is C21H35NO6S. The Labute approximate surface area is 178 Å². The van der Waals surface area contributed by atoms with E-state index in [2.05, 4.69) is 5.32 Å². The van der Waals surface area contributed by atoms with Crippen LogP contribution >= 0.6 is 11.8 Å². The molecular weight excluding hydrogens is 394 g/mol. The second-order valence-electron chi connectivity index (χ2n) is 7.47. The van der Waals surface area contributed by atoms with Crippen molar-refractivity contribution in [2.75, 3.05) is 32.3 Å². The second-order valence-corrected chi connectivity index (χ2v) is 8.45. The standard InChI is InChI=1S/C21H35NO6S/c1-15-7-5-9-19(23)22-17(11-12-29-4)21(25)28-14-18(26-3)16(2)8-6-10-20(24)27-13-15/h5,7,15-18H,6,8-14H2,1-4H3,(H,22,23)/t15-,16-,17+,18-/m1/s1. The van der Waals surface area contributed by atoms with Gasteiger partial charge in [0.05, 0.1) is 12.7 Å². The van der Waals surface area contributed by atoms with Gasteiger partial charge in [-0.25, -0.2) is 4.79 Å². The van der Waals surface area contributed by atoms with Crippen LogP contribution in [0.15, 0.2) is 12.2 Å². The first kappa shape index (κ1) is 25.5. The van der Waals surface area contributed by atoms with Crippen molar-refractivity contribution in [1.29, 1.82) is 0 Å². The van der Waals surface area contributed by atoms with Crippen LogP contribution in [-0.4, -0.2) is 62.3 Å². The molecule has 8 heteroatoms. The number of carbonyl (C=O) groups excluding carboxylic acids is 3. The minimum atomic E-state index is -0.673. The van der Waals surface area contributed by atoms with E-state index in [9.17, 15) is 14.4 Å². The number of hydrogen-bond acceptors (Lipinski definition) is 7. The lowest BCUT2D eigenvalue weighted by atomic mass is 9.98. The quantitative estimate of drug-likeness (QED) is 0.543. The highest BCUT2D eigenvalue weighted by Gasteiger charge is 2.25. The minimum absolute atomic E-state index is 0.0136. The van der Waals surface area contributed by atoms with Crippen LogP contribution in [0.2, 0.25) is 0 Å². The van der Waals surface area contributed by atoms with Crippen molar-refractivity contribution in [2.45, 2.75) is 58.1 Å². The van der Waals surface area contributed by atoms with E-state index in [-0.39, 0.29) is 49.5 Å². The van der Waals surface area contributed by atoms with Gasteiger partial charge in [0.1, 0.15) is 12.6 Å². The minimum Gasteiger partial charge on any atom is -0.465 e. The third-order valence-electron chi connectivity index (χ3n) is 4.87. The highest BCUT2D eigenvalue weighted by atomic mass is 32.2. The van der Waals surface area contributed by atoms with Crippen LogP contribution in [0, 0.1) is 11.8 Å². The molecule has 0 saturated carbocycles. The Hall–Kier alpha value is -1.54. The number of thioether (sulfide) groups is 1. The van der Waals surface area contributed by atoms with Crippen LogP contribution in [0.4, 0.5) is 0 Å². The third kappa shape index (κ3) is 10.7. The first-order valence-corrected chi connectivity index (χ1v) is 11.6. The van der Waals surface area contributed by atoms with E-state index in [0.29, 0.717) is 19.3 Å². The summed E-state index contributed by atoms with van der Waals surface area (Å²) in [6, 6.07) is -0.673. The van der Waals surface area contributed by atoms with Gasteiger partial charge < -0.3 is 19.5 Å². The van der Waals surface area contributed by atoms with E-state index >= 15 is 0 Å². The fourth-order valence-corrected chi connectivity index (χ4v) is 3.45.